The van der Waals surface area contributed by atoms with Gasteiger partial charge < -0.3 is 10.4 Å². The van der Waals surface area contributed by atoms with Crippen molar-refractivity contribution in [2.75, 3.05) is 6.61 Å². The van der Waals surface area contributed by atoms with Gasteiger partial charge in [0.05, 0.1) is 0 Å². The summed E-state index contributed by atoms with van der Waals surface area (Å²) >= 11 is 6.13. The van der Waals surface area contributed by atoms with Gasteiger partial charge in [-0.1, -0.05) is 48.0 Å². The molecule has 5 heteroatoms. The second kappa shape index (κ2) is 5.84. The Kier molecular flexibility index (Phi) is 3.90. The van der Waals surface area contributed by atoms with Crippen LogP contribution in [0.2, 0.25) is 5.15 Å². The number of benzene rings is 1. The van der Waals surface area contributed by atoms with E-state index in [2.05, 4.69) is 10.3 Å². The van der Waals surface area contributed by atoms with Crippen LogP contribution in [-0.4, -0.2) is 28.6 Å². The summed E-state index contributed by atoms with van der Waals surface area (Å²) < 4.78 is 0. The number of pyridine rings is 1. The topological polar surface area (TPSA) is 62.2 Å². The average Bonchev–Trinajstić information content (AvgIpc) is 2.95. The van der Waals surface area contributed by atoms with Gasteiger partial charge in [-0.3, -0.25) is 4.79 Å². The molecule has 0 bridgehead atoms. The van der Waals surface area contributed by atoms with Crippen molar-refractivity contribution in [3.8, 4) is 0 Å². The first-order valence-electron chi connectivity index (χ1n) is 6.82. The number of fused-ring (bicyclic) bond motifs is 1. The zero-order valence-electron chi connectivity index (χ0n) is 11.3. The monoisotopic (exact) mass is 302 g/mol. The molecule has 1 aliphatic rings. The van der Waals surface area contributed by atoms with Crippen LogP contribution in [0.5, 0.6) is 0 Å². The zero-order valence-corrected chi connectivity index (χ0v) is 12.0. The third-order valence-corrected chi connectivity index (χ3v) is 3.94. The molecule has 108 valence electrons. The highest BCUT2D eigenvalue weighted by atomic mass is 35.5. The molecule has 2 atom stereocenters. The number of halogens is 1. The van der Waals surface area contributed by atoms with E-state index in [1.165, 1.54) is 0 Å². The molecule has 1 amide bonds. The number of rotatable bonds is 3. The van der Waals surface area contributed by atoms with E-state index < -0.39 is 0 Å². The summed E-state index contributed by atoms with van der Waals surface area (Å²) in [5.74, 6) is -0.139. The van der Waals surface area contributed by atoms with Crippen LogP contribution in [0.1, 0.15) is 16.9 Å². The summed E-state index contributed by atoms with van der Waals surface area (Å²) in [6.45, 7) is 0.100. The van der Waals surface area contributed by atoms with Crippen molar-refractivity contribution in [2.24, 2.45) is 5.92 Å². The first-order chi connectivity index (χ1) is 10.2. The van der Waals surface area contributed by atoms with E-state index in [1.54, 1.807) is 6.07 Å². The fraction of sp³-hybridized carbons (Fsp3) is 0.250. The molecule has 1 aromatic carbocycles. The van der Waals surface area contributed by atoms with Gasteiger partial charge in [-0.05, 0) is 17.9 Å². The Morgan fingerprint density at radius 2 is 2.19 bits per heavy atom. The largest absolute Gasteiger partial charge is 0.396 e. The quantitative estimate of drug-likeness (QED) is 0.676. The number of hydrogen-bond acceptors (Lipinski definition) is 3. The third kappa shape index (κ3) is 2.91. The molecule has 2 N–H and O–H groups in total. The van der Waals surface area contributed by atoms with Crippen molar-refractivity contribution in [1.29, 1.82) is 0 Å². The van der Waals surface area contributed by atoms with Gasteiger partial charge in [0.2, 0.25) is 0 Å². The molecule has 0 unspecified atom stereocenters. The number of aromatic nitrogens is 1. The van der Waals surface area contributed by atoms with Crippen LogP contribution in [0.25, 0.3) is 10.8 Å². The van der Waals surface area contributed by atoms with Gasteiger partial charge in [0.15, 0.2) is 0 Å². The van der Waals surface area contributed by atoms with Crippen molar-refractivity contribution in [3.63, 3.8) is 0 Å². The second-order valence-electron chi connectivity index (χ2n) is 5.16. The molecule has 3 rings (SSSR count). The maximum absolute atomic E-state index is 12.3. The highest BCUT2D eigenvalue weighted by Crippen LogP contribution is 2.23. The molecule has 0 saturated carbocycles. The fourth-order valence-electron chi connectivity index (χ4n) is 2.53. The molecule has 0 saturated heterocycles. The van der Waals surface area contributed by atoms with Gasteiger partial charge in [0.25, 0.3) is 5.91 Å². The number of aliphatic hydroxyl groups excluding tert-OH is 1. The van der Waals surface area contributed by atoms with E-state index >= 15 is 0 Å². The lowest BCUT2D eigenvalue weighted by Gasteiger charge is -2.13. The van der Waals surface area contributed by atoms with Gasteiger partial charge in [-0.25, -0.2) is 4.98 Å². The Hall–Kier alpha value is -1.91. The number of hydrogen-bond donors (Lipinski definition) is 2. The van der Waals surface area contributed by atoms with Gasteiger partial charge >= 0.3 is 0 Å². The molecule has 0 aliphatic heterocycles. The van der Waals surface area contributed by atoms with Crippen molar-refractivity contribution < 1.29 is 9.90 Å². The molecule has 4 nitrogen and oxygen atoms in total. The summed E-state index contributed by atoms with van der Waals surface area (Å²) in [6, 6.07) is 9.22. The van der Waals surface area contributed by atoms with Crippen molar-refractivity contribution in [1.82, 2.24) is 10.3 Å². The Balaban J connectivity index is 1.80. The first kappa shape index (κ1) is 14.0. The summed E-state index contributed by atoms with van der Waals surface area (Å²) in [5.41, 5.74) is 0.305. The maximum atomic E-state index is 12.3. The number of aliphatic hydroxyl groups is 1. The standard InChI is InChI=1S/C16H15ClN2O2/c17-15-13-4-2-1-3-11(13)8-14(19-15)16(21)18-12-6-5-10(7-12)9-20/h1-6,8,10,12,20H,7,9H2,(H,18,21)/t10-,12+/m0/s1. The van der Waals surface area contributed by atoms with E-state index in [1.807, 2.05) is 36.4 Å². The van der Waals surface area contributed by atoms with Gasteiger partial charge in [0, 0.05) is 24.0 Å². The van der Waals surface area contributed by atoms with Crippen LogP contribution >= 0.6 is 11.6 Å². The molecule has 2 aromatic rings. The van der Waals surface area contributed by atoms with Crippen LogP contribution < -0.4 is 5.32 Å². The van der Waals surface area contributed by atoms with E-state index in [0.29, 0.717) is 17.3 Å². The maximum Gasteiger partial charge on any atom is 0.270 e. The lowest BCUT2D eigenvalue weighted by molar-refractivity contribution is 0.0936. The fourth-order valence-corrected chi connectivity index (χ4v) is 2.80. The lowest BCUT2D eigenvalue weighted by atomic mass is 10.1. The van der Waals surface area contributed by atoms with Gasteiger partial charge in [-0.2, -0.15) is 0 Å². The highest BCUT2D eigenvalue weighted by molar-refractivity contribution is 6.34. The van der Waals surface area contributed by atoms with E-state index in [9.17, 15) is 4.79 Å². The molecule has 1 aliphatic carbocycles. The van der Waals surface area contributed by atoms with Crippen molar-refractivity contribution >= 4 is 28.3 Å². The van der Waals surface area contributed by atoms with Crippen LogP contribution in [0.15, 0.2) is 42.5 Å². The van der Waals surface area contributed by atoms with Crippen molar-refractivity contribution in [2.45, 2.75) is 12.5 Å². The minimum atomic E-state index is -0.254. The molecule has 0 radical (unpaired) electrons. The van der Waals surface area contributed by atoms with Crippen LogP contribution in [0.4, 0.5) is 0 Å². The third-order valence-electron chi connectivity index (χ3n) is 3.65. The Morgan fingerprint density at radius 1 is 1.38 bits per heavy atom. The number of amides is 1. The van der Waals surface area contributed by atoms with E-state index in [0.717, 1.165) is 10.8 Å². The van der Waals surface area contributed by atoms with E-state index in [-0.39, 0.29) is 24.5 Å². The van der Waals surface area contributed by atoms with Crippen LogP contribution in [0, 0.1) is 5.92 Å². The number of carbonyl (C=O) groups is 1. The summed E-state index contributed by atoms with van der Waals surface area (Å²) in [6.07, 6.45) is 4.54. The summed E-state index contributed by atoms with van der Waals surface area (Å²) in [7, 11) is 0. The first-order valence-corrected chi connectivity index (χ1v) is 7.20. The highest BCUT2D eigenvalue weighted by Gasteiger charge is 2.21. The normalized spacial score (nSPS) is 20.9. The molecular weight excluding hydrogens is 288 g/mol. The van der Waals surface area contributed by atoms with Crippen LogP contribution in [0.3, 0.4) is 0 Å². The zero-order chi connectivity index (χ0) is 14.8. The number of nitrogens with one attached hydrogen (secondary N) is 1. The molecule has 21 heavy (non-hydrogen) atoms. The predicted octanol–water partition coefficient (Wildman–Crippen LogP) is 2.56. The van der Waals surface area contributed by atoms with Crippen LogP contribution in [-0.2, 0) is 0 Å². The minimum Gasteiger partial charge on any atom is -0.396 e. The van der Waals surface area contributed by atoms with Crippen molar-refractivity contribution in [3.05, 3.63) is 53.3 Å². The lowest BCUT2D eigenvalue weighted by Crippen LogP contribution is -2.33. The average molecular weight is 303 g/mol. The Bertz CT molecular complexity index is 714. The summed E-state index contributed by atoms with van der Waals surface area (Å²) in [4.78, 5) is 16.4. The van der Waals surface area contributed by atoms with Gasteiger partial charge in [0.1, 0.15) is 10.8 Å². The number of nitrogens with zero attached hydrogens (tertiary/aromatic N) is 1. The predicted molar refractivity (Wildman–Crippen MR) is 82.3 cm³/mol. The second-order valence-corrected chi connectivity index (χ2v) is 5.52. The molecule has 0 spiro atoms. The Labute approximate surface area is 127 Å². The smallest absolute Gasteiger partial charge is 0.270 e. The number of carbonyl (C=O) groups excluding carboxylic acids is 1. The van der Waals surface area contributed by atoms with Gasteiger partial charge in [-0.15, -0.1) is 0 Å². The molecule has 1 aromatic heterocycles. The minimum absolute atomic E-state index is 0.0679. The van der Waals surface area contributed by atoms with E-state index in [4.69, 9.17) is 16.7 Å². The SMILES string of the molecule is O=C(N[C@@H]1C=C[C@H](CO)C1)c1cc2ccccc2c(Cl)n1. The molecule has 1 heterocycles. The summed E-state index contributed by atoms with van der Waals surface area (Å²) in [5, 5.41) is 14.0. The molecule has 0 fully saturated rings. The molecular formula is C16H15ClN2O2. The Morgan fingerprint density at radius 3 is 2.95 bits per heavy atom.